The first-order valence-electron chi connectivity index (χ1n) is 7.39. The Kier molecular flexibility index (Phi) is 3.12. The number of anilines is 1. The van der Waals surface area contributed by atoms with Crippen LogP contribution in [0.15, 0.2) is 48.5 Å². The molecule has 2 aromatic rings. The van der Waals surface area contributed by atoms with Crippen molar-refractivity contribution in [2.45, 2.75) is 33.7 Å². The van der Waals surface area contributed by atoms with E-state index in [4.69, 9.17) is 0 Å². The third kappa shape index (κ3) is 1.98. The summed E-state index contributed by atoms with van der Waals surface area (Å²) in [6, 6.07) is 16.6. The average Bonchev–Trinajstić information content (AvgIpc) is 2.46. The molecule has 3 rings (SSSR count). The number of aryl methyl sites for hydroxylation is 2. The summed E-state index contributed by atoms with van der Waals surface area (Å²) in [5.74, 6) is 0.203. The maximum absolute atomic E-state index is 12.7. The molecular weight excluding hydrogens is 258 g/mol. The molecule has 108 valence electrons. The van der Waals surface area contributed by atoms with Gasteiger partial charge in [0.1, 0.15) is 0 Å². The van der Waals surface area contributed by atoms with Gasteiger partial charge in [0.25, 0.3) is 0 Å². The Bertz CT molecular complexity index is 668. The molecule has 2 heteroatoms. The van der Waals surface area contributed by atoms with Gasteiger partial charge in [0.05, 0.1) is 17.1 Å². The first kappa shape index (κ1) is 13.9. The fourth-order valence-corrected chi connectivity index (χ4v) is 3.42. The number of amides is 1. The Balaban J connectivity index is 2.12. The highest BCUT2D eigenvalue weighted by molar-refractivity contribution is 6.06. The molecule has 1 aliphatic rings. The molecule has 1 unspecified atom stereocenters. The number of β-lactam (4-membered cyclic amide) rings is 1. The summed E-state index contributed by atoms with van der Waals surface area (Å²) in [6.07, 6.45) is 0. The van der Waals surface area contributed by atoms with Crippen LogP contribution in [-0.2, 0) is 4.79 Å². The van der Waals surface area contributed by atoms with Gasteiger partial charge in [-0.15, -0.1) is 0 Å². The van der Waals surface area contributed by atoms with Crippen molar-refractivity contribution in [1.82, 2.24) is 0 Å². The molecule has 0 radical (unpaired) electrons. The van der Waals surface area contributed by atoms with E-state index in [1.807, 2.05) is 43.0 Å². The number of nitrogens with zero attached hydrogens (tertiary/aromatic N) is 1. The average molecular weight is 279 g/mol. The Hall–Kier alpha value is -2.09. The number of carbonyl (C=O) groups is 1. The van der Waals surface area contributed by atoms with E-state index < -0.39 is 0 Å². The molecule has 2 nitrogen and oxygen atoms in total. The lowest BCUT2D eigenvalue weighted by atomic mass is 9.70. The zero-order valence-corrected chi connectivity index (χ0v) is 13.1. The van der Waals surface area contributed by atoms with E-state index in [0.29, 0.717) is 0 Å². The Morgan fingerprint density at radius 2 is 1.48 bits per heavy atom. The van der Waals surface area contributed by atoms with Gasteiger partial charge in [-0.3, -0.25) is 4.79 Å². The number of para-hydroxylation sites is 1. The highest BCUT2D eigenvalue weighted by Crippen LogP contribution is 2.52. The minimum atomic E-state index is -0.351. The van der Waals surface area contributed by atoms with Crippen LogP contribution in [0.1, 0.15) is 36.6 Å². The molecule has 0 spiro atoms. The monoisotopic (exact) mass is 279 g/mol. The largest absolute Gasteiger partial charge is 0.303 e. The molecule has 1 atom stereocenters. The zero-order chi connectivity index (χ0) is 15.2. The molecule has 1 amide bonds. The van der Waals surface area contributed by atoms with Crippen molar-refractivity contribution < 1.29 is 4.79 Å². The fourth-order valence-electron chi connectivity index (χ4n) is 3.42. The van der Waals surface area contributed by atoms with Gasteiger partial charge in [-0.2, -0.15) is 0 Å². The van der Waals surface area contributed by atoms with Crippen LogP contribution in [0.2, 0.25) is 0 Å². The number of carbonyl (C=O) groups excluding carboxylic acids is 1. The second-order valence-corrected chi connectivity index (χ2v) is 6.45. The van der Waals surface area contributed by atoms with E-state index >= 15 is 0 Å². The highest BCUT2D eigenvalue weighted by atomic mass is 16.2. The number of benzene rings is 2. The molecule has 0 N–H and O–H groups in total. The van der Waals surface area contributed by atoms with E-state index in [9.17, 15) is 4.79 Å². The van der Waals surface area contributed by atoms with Crippen molar-refractivity contribution >= 4 is 11.6 Å². The van der Waals surface area contributed by atoms with Gasteiger partial charge >= 0.3 is 0 Å². The second-order valence-electron chi connectivity index (χ2n) is 6.45. The Morgan fingerprint density at radius 3 is 2.05 bits per heavy atom. The predicted molar refractivity (Wildman–Crippen MR) is 86.4 cm³/mol. The molecule has 0 aromatic heterocycles. The summed E-state index contributed by atoms with van der Waals surface area (Å²) in [5, 5.41) is 0. The third-order valence-electron chi connectivity index (χ3n) is 4.51. The summed E-state index contributed by atoms with van der Waals surface area (Å²) in [6.45, 7) is 8.22. The van der Waals surface area contributed by atoms with Gasteiger partial charge < -0.3 is 4.90 Å². The summed E-state index contributed by atoms with van der Waals surface area (Å²) in [4.78, 5) is 14.7. The van der Waals surface area contributed by atoms with Gasteiger partial charge in [0, 0.05) is 0 Å². The quantitative estimate of drug-likeness (QED) is 0.745. The van der Waals surface area contributed by atoms with Crippen molar-refractivity contribution in [3.05, 3.63) is 65.2 Å². The van der Waals surface area contributed by atoms with Gasteiger partial charge in [-0.05, 0) is 44.4 Å². The van der Waals surface area contributed by atoms with Crippen LogP contribution in [0.5, 0.6) is 0 Å². The van der Waals surface area contributed by atoms with Crippen molar-refractivity contribution in [1.29, 1.82) is 0 Å². The fraction of sp³-hybridized carbons (Fsp3) is 0.316. The van der Waals surface area contributed by atoms with Crippen molar-refractivity contribution in [2.24, 2.45) is 5.41 Å². The van der Waals surface area contributed by atoms with Crippen LogP contribution >= 0.6 is 0 Å². The first-order valence-corrected chi connectivity index (χ1v) is 7.39. The van der Waals surface area contributed by atoms with Crippen molar-refractivity contribution in [3.8, 4) is 0 Å². The lowest BCUT2D eigenvalue weighted by Crippen LogP contribution is -2.61. The van der Waals surface area contributed by atoms with E-state index in [2.05, 4.69) is 38.1 Å². The molecule has 2 aromatic carbocycles. The molecule has 0 saturated carbocycles. The molecule has 0 aliphatic carbocycles. The topological polar surface area (TPSA) is 20.3 Å². The number of hydrogen-bond donors (Lipinski definition) is 0. The minimum absolute atomic E-state index is 0.103. The van der Waals surface area contributed by atoms with Gasteiger partial charge in [0.2, 0.25) is 5.91 Å². The normalized spacial score (nSPS) is 20.3. The predicted octanol–water partition coefficient (Wildman–Crippen LogP) is 4.42. The number of rotatable bonds is 2. The standard InChI is InChI=1S/C19H21NO/c1-13-9-8-10-14(2)16(13)20-17(19(3,4)18(20)21)15-11-6-5-7-12-15/h5-12,17H,1-4H3. The summed E-state index contributed by atoms with van der Waals surface area (Å²) < 4.78 is 0. The van der Waals surface area contributed by atoms with Crippen LogP contribution in [0.25, 0.3) is 0 Å². The molecule has 21 heavy (non-hydrogen) atoms. The minimum Gasteiger partial charge on any atom is -0.303 e. The van der Waals surface area contributed by atoms with Crippen LogP contribution < -0.4 is 4.90 Å². The molecule has 0 bridgehead atoms. The van der Waals surface area contributed by atoms with Gasteiger partial charge in [-0.1, -0.05) is 48.5 Å². The highest BCUT2D eigenvalue weighted by Gasteiger charge is 2.55. The third-order valence-corrected chi connectivity index (χ3v) is 4.51. The number of hydrogen-bond acceptors (Lipinski definition) is 1. The molecule has 1 heterocycles. The maximum atomic E-state index is 12.7. The van der Waals surface area contributed by atoms with E-state index in [0.717, 1.165) is 16.8 Å². The van der Waals surface area contributed by atoms with E-state index in [-0.39, 0.29) is 17.4 Å². The van der Waals surface area contributed by atoms with Crippen molar-refractivity contribution in [2.75, 3.05) is 4.90 Å². The maximum Gasteiger partial charge on any atom is 0.235 e. The SMILES string of the molecule is Cc1cccc(C)c1N1C(=O)C(C)(C)C1c1ccccc1. The molecular formula is C19H21NO. The summed E-state index contributed by atoms with van der Waals surface area (Å²) in [7, 11) is 0. The Labute approximate surface area is 126 Å². The van der Waals surface area contributed by atoms with Crippen molar-refractivity contribution in [3.63, 3.8) is 0 Å². The zero-order valence-electron chi connectivity index (χ0n) is 13.1. The summed E-state index contributed by atoms with van der Waals surface area (Å²) in [5.41, 5.74) is 4.22. The molecule has 1 saturated heterocycles. The van der Waals surface area contributed by atoms with Gasteiger partial charge in [0.15, 0.2) is 0 Å². The Morgan fingerprint density at radius 1 is 0.905 bits per heavy atom. The lowest BCUT2D eigenvalue weighted by Gasteiger charge is -2.54. The van der Waals surface area contributed by atoms with E-state index in [1.54, 1.807) is 0 Å². The van der Waals surface area contributed by atoms with Crippen LogP contribution in [0.3, 0.4) is 0 Å². The lowest BCUT2D eigenvalue weighted by molar-refractivity contribution is -0.137. The molecule has 1 aliphatic heterocycles. The van der Waals surface area contributed by atoms with Gasteiger partial charge in [-0.25, -0.2) is 0 Å². The second kappa shape index (κ2) is 4.73. The molecule has 1 fully saturated rings. The summed E-state index contributed by atoms with van der Waals surface area (Å²) >= 11 is 0. The van der Waals surface area contributed by atoms with Crippen LogP contribution in [-0.4, -0.2) is 5.91 Å². The first-order chi connectivity index (χ1) is 9.94. The van der Waals surface area contributed by atoms with E-state index in [1.165, 1.54) is 5.56 Å². The smallest absolute Gasteiger partial charge is 0.235 e. The van der Waals surface area contributed by atoms with Crippen LogP contribution in [0, 0.1) is 19.3 Å². The van der Waals surface area contributed by atoms with Crippen LogP contribution in [0.4, 0.5) is 5.69 Å².